The summed E-state index contributed by atoms with van der Waals surface area (Å²) < 4.78 is 8.85. The van der Waals surface area contributed by atoms with Crippen molar-refractivity contribution in [2.75, 3.05) is 7.11 Å². The van der Waals surface area contributed by atoms with Crippen LogP contribution in [0.4, 0.5) is 0 Å². The van der Waals surface area contributed by atoms with Crippen LogP contribution >= 0.6 is 12.9 Å². The number of carbonyl (C=O) groups is 1. The predicted molar refractivity (Wildman–Crippen MR) is 51.6 cm³/mol. The fourth-order valence-corrected chi connectivity index (χ4v) is 0.895. The van der Waals surface area contributed by atoms with Gasteiger partial charge in [-0.1, -0.05) is 4.99 Å². The van der Waals surface area contributed by atoms with Crippen LogP contribution in [0.1, 0.15) is 10.4 Å². The Kier molecular flexibility index (Phi) is 4.24. The standard InChI is InChI=1S/C8H9NO4S/c1-11-7-4-2-6(3-5-7)8(10)9-12-13-14/h2-5,14H,1H3,(H,9,10). The minimum absolute atomic E-state index is 0.427. The molecular formula is C8H9NO4S. The van der Waals surface area contributed by atoms with E-state index < -0.39 is 5.91 Å². The van der Waals surface area contributed by atoms with E-state index in [1.54, 1.807) is 31.4 Å². The molecule has 0 saturated carbocycles. The average Bonchev–Trinajstić information content (AvgIpc) is 2.26. The summed E-state index contributed by atoms with van der Waals surface area (Å²) >= 11 is 3.28. The fourth-order valence-electron chi connectivity index (χ4n) is 0.858. The quantitative estimate of drug-likeness (QED) is 0.342. The number of benzene rings is 1. The van der Waals surface area contributed by atoms with Gasteiger partial charge in [-0.15, -0.1) is 4.33 Å². The van der Waals surface area contributed by atoms with Crippen molar-refractivity contribution >= 4 is 18.8 Å². The maximum Gasteiger partial charge on any atom is 0.277 e. The van der Waals surface area contributed by atoms with Gasteiger partial charge in [-0.05, 0) is 24.3 Å². The highest BCUT2D eigenvalue weighted by molar-refractivity contribution is 7.74. The number of nitrogens with one attached hydrogen (secondary N) is 1. The van der Waals surface area contributed by atoms with Crippen LogP contribution in [0.5, 0.6) is 5.75 Å². The van der Waals surface area contributed by atoms with E-state index >= 15 is 0 Å². The van der Waals surface area contributed by atoms with Gasteiger partial charge in [0.2, 0.25) is 0 Å². The minimum Gasteiger partial charge on any atom is -0.497 e. The van der Waals surface area contributed by atoms with Crippen LogP contribution in [-0.4, -0.2) is 13.0 Å². The smallest absolute Gasteiger partial charge is 0.277 e. The molecule has 6 heteroatoms. The highest BCUT2D eigenvalue weighted by atomic mass is 32.1. The van der Waals surface area contributed by atoms with E-state index in [1.165, 1.54) is 0 Å². The third kappa shape index (κ3) is 2.91. The van der Waals surface area contributed by atoms with Crippen molar-refractivity contribution in [3.05, 3.63) is 29.8 Å². The van der Waals surface area contributed by atoms with Gasteiger partial charge < -0.3 is 4.74 Å². The number of methoxy groups -OCH3 is 1. The van der Waals surface area contributed by atoms with Gasteiger partial charge in [-0.3, -0.25) is 4.79 Å². The Morgan fingerprint density at radius 3 is 2.50 bits per heavy atom. The van der Waals surface area contributed by atoms with E-state index in [9.17, 15) is 4.79 Å². The maximum atomic E-state index is 11.2. The molecule has 1 aromatic rings. The molecule has 0 radical (unpaired) electrons. The molecule has 76 valence electrons. The van der Waals surface area contributed by atoms with E-state index in [4.69, 9.17) is 4.74 Å². The first-order valence-electron chi connectivity index (χ1n) is 3.69. The molecule has 0 aliphatic heterocycles. The summed E-state index contributed by atoms with van der Waals surface area (Å²) in [5.41, 5.74) is 2.43. The van der Waals surface area contributed by atoms with Gasteiger partial charge in [0.15, 0.2) is 0 Å². The summed E-state index contributed by atoms with van der Waals surface area (Å²) in [6.07, 6.45) is 0. The largest absolute Gasteiger partial charge is 0.497 e. The molecule has 1 aromatic carbocycles. The van der Waals surface area contributed by atoms with Crippen LogP contribution in [0, 0.1) is 0 Å². The summed E-state index contributed by atoms with van der Waals surface area (Å²) in [7, 11) is 1.55. The van der Waals surface area contributed by atoms with Crippen LogP contribution < -0.4 is 10.2 Å². The first kappa shape index (κ1) is 10.8. The van der Waals surface area contributed by atoms with Crippen LogP contribution in [0.25, 0.3) is 0 Å². The zero-order chi connectivity index (χ0) is 10.4. The molecule has 5 nitrogen and oxygen atoms in total. The molecule has 0 fully saturated rings. The number of hydrogen-bond donors (Lipinski definition) is 2. The summed E-state index contributed by atoms with van der Waals surface area (Å²) in [6.45, 7) is 0. The van der Waals surface area contributed by atoms with Crippen LogP contribution in [0.2, 0.25) is 0 Å². The Bertz CT molecular complexity index is 301. The van der Waals surface area contributed by atoms with E-state index in [-0.39, 0.29) is 0 Å². The zero-order valence-electron chi connectivity index (χ0n) is 7.39. The number of rotatable bonds is 4. The second kappa shape index (κ2) is 5.48. The maximum absolute atomic E-state index is 11.2. The Morgan fingerprint density at radius 2 is 2.00 bits per heavy atom. The number of thiol groups is 1. The lowest BCUT2D eigenvalue weighted by Gasteiger charge is -2.02. The van der Waals surface area contributed by atoms with E-state index in [2.05, 4.69) is 22.2 Å². The Balaban J connectivity index is 2.62. The van der Waals surface area contributed by atoms with Crippen molar-refractivity contribution in [1.82, 2.24) is 5.48 Å². The molecule has 0 saturated heterocycles. The lowest BCUT2D eigenvalue weighted by atomic mass is 10.2. The first-order valence-corrected chi connectivity index (χ1v) is 4.06. The van der Waals surface area contributed by atoms with E-state index in [0.717, 1.165) is 0 Å². The zero-order valence-corrected chi connectivity index (χ0v) is 8.28. The summed E-state index contributed by atoms with van der Waals surface area (Å²) in [5, 5.41) is 0. The number of amides is 1. The number of ether oxygens (including phenoxy) is 1. The lowest BCUT2D eigenvalue weighted by Crippen LogP contribution is -2.22. The second-order valence-electron chi connectivity index (χ2n) is 2.32. The Labute approximate surface area is 86.5 Å². The van der Waals surface area contributed by atoms with Crippen molar-refractivity contribution < 1.29 is 18.9 Å². The van der Waals surface area contributed by atoms with Crippen molar-refractivity contribution in [2.45, 2.75) is 0 Å². The molecule has 0 atom stereocenters. The predicted octanol–water partition coefficient (Wildman–Crippen LogP) is 1.13. The highest BCUT2D eigenvalue weighted by Crippen LogP contribution is 2.10. The topological polar surface area (TPSA) is 56.8 Å². The molecule has 1 rings (SSSR count). The minimum atomic E-state index is -0.429. The molecule has 0 unspecified atom stereocenters. The van der Waals surface area contributed by atoms with E-state index in [0.29, 0.717) is 11.3 Å². The molecule has 1 amide bonds. The highest BCUT2D eigenvalue weighted by Gasteiger charge is 2.04. The van der Waals surface area contributed by atoms with Gasteiger partial charge in [-0.25, -0.2) is 0 Å². The van der Waals surface area contributed by atoms with Crippen molar-refractivity contribution in [2.24, 2.45) is 0 Å². The molecule has 0 heterocycles. The van der Waals surface area contributed by atoms with Gasteiger partial charge in [0.05, 0.1) is 7.11 Å². The molecule has 0 aromatic heterocycles. The van der Waals surface area contributed by atoms with Crippen LogP contribution in [0.15, 0.2) is 24.3 Å². The fraction of sp³-hybridized carbons (Fsp3) is 0.125. The average molecular weight is 215 g/mol. The van der Waals surface area contributed by atoms with Crippen molar-refractivity contribution in [1.29, 1.82) is 0 Å². The summed E-state index contributed by atoms with van der Waals surface area (Å²) in [6, 6.07) is 6.51. The summed E-state index contributed by atoms with van der Waals surface area (Å²) in [4.78, 5) is 15.4. The molecular weight excluding hydrogens is 206 g/mol. The monoisotopic (exact) mass is 215 g/mol. The second-order valence-corrected chi connectivity index (χ2v) is 2.47. The van der Waals surface area contributed by atoms with Gasteiger partial charge in [0, 0.05) is 18.5 Å². The molecule has 0 spiro atoms. The van der Waals surface area contributed by atoms with E-state index in [1.807, 2.05) is 5.48 Å². The van der Waals surface area contributed by atoms with Gasteiger partial charge in [0.1, 0.15) is 5.75 Å². The van der Waals surface area contributed by atoms with Crippen molar-refractivity contribution in [3.63, 3.8) is 0 Å². The van der Waals surface area contributed by atoms with Gasteiger partial charge in [0.25, 0.3) is 5.91 Å². The van der Waals surface area contributed by atoms with Gasteiger partial charge in [-0.2, -0.15) is 5.48 Å². The third-order valence-electron chi connectivity index (χ3n) is 1.52. The normalized spacial score (nSPS) is 9.57. The molecule has 0 aliphatic carbocycles. The SMILES string of the molecule is COc1ccc(C(=O)NOOS)cc1. The molecule has 0 aliphatic rings. The third-order valence-corrected chi connectivity index (χ3v) is 1.60. The van der Waals surface area contributed by atoms with Crippen molar-refractivity contribution in [3.8, 4) is 5.75 Å². The van der Waals surface area contributed by atoms with Crippen LogP contribution in [-0.2, 0) is 9.32 Å². The first-order chi connectivity index (χ1) is 6.77. The molecule has 0 bridgehead atoms. The molecule has 1 N–H and O–H groups in total. The van der Waals surface area contributed by atoms with Crippen LogP contribution in [0.3, 0.4) is 0 Å². The number of hydrogen-bond acceptors (Lipinski definition) is 5. The van der Waals surface area contributed by atoms with Gasteiger partial charge >= 0.3 is 0 Å². The lowest BCUT2D eigenvalue weighted by molar-refractivity contribution is -0.227. The Hall–Kier alpha value is -1.24. The number of carbonyl (C=O) groups excluding carboxylic acids is 1. The molecule has 14 heavy (non-hydrogen) atoms. The number of hydroxylamine groups is 1. The summed E-state index contributed by atoms with van der Waals surface area (Å²) in [5.74, 6) is 0.245. The Morgan fingerprint density at radius 1 is 1.36 bits per heavy atom.